The molecule has 5 heteroatoms. The van der Waals surface area contributed by atoms with Gasteiger partial charge in [0.05, 0.1) is 25.8 Å². The summed E-state index contributed by atoms with van der Waals surface area (Å²) in [5, 5.41) is 5.18. The van der Waals surface area contributed by atoms with Gasteiger partial charge in [-0.3, -0.25) is 4.79 Å². The highest BCUT2D eigenvalue weighted by Gasteiger charge is 2.31. The molecule has 28 heavy (non-hydrogen) atoms. The number of hydrogen-bond acceptors (Lipinski definition) is 4. The lowest BCUT2D eigenvalue weighted by molar-refractivity contribution is 0.0938. The van der Waals surface area contributed by atoms with Crippen LogP contribution in [-0.4, -0.2) is 20.1 Å². The second kappa shape index (κ2) is 8.16. The minimum absolute atomic E-state index is 0.00833. The third-order valence-corrected chi connectivity index (χ3v) is 6.93. The Bertz CT molecular complexity index is 850. The van der Waals surface area contributed by atoms with Crippen LogP contribution in [0.5, 0.6) is 11.5 Å². The van der Waals surface area contributed by atoms with Crippen LogP contribution in [0.4, 0.5) is 0 Å². The molecule has 1 heterocycles. The molecule has 1 N–H and O–H groups in total. The van der Waals surface area contributed by atoms with Gasteiger partial charge >= 0.3 is 0 Å². The Morgan fingerprint density at radius 3 is 2.57 bits per heavy atom. The Kier molecular flexibility index (Phi) is 6.04. The van der Waals surface area contributed by atoms with E-state index in [0.29, 0.717) is 22.8 Å². The first-order valence-corrected chi connectivity index (χ1v) is 10.7. The lowest BCUT2D eigenvalue weighted by Crippen LogP contribution is -2.29. The van der Waals surface area contributed by atoms with Crippen LogP contribution in [0.1, 0.15) is 66.5 Å². The predicted octanol–water partition coefficient (Wildman–Crippen LogP) is 5.41. The Morgan fingerprint density at radius 2 is 1.93 bits per heavy atom. The maximum atomic E-state index is 13.0. The molecule has 0 saturated carbocycles. The number of hydrogen-bond donors (Lipinski definition) is 1. The fourth-order valence-electron chi connectivity index (χ4n) is 3.92. The predicted molar refractivity (Wildman–Crippen MR) is 115 cm³/mol. The van der Waals surface area contributed by atoms with Gasteiger partial charge in [0, 0.05) is 10.3 Å². The molecule has 2 atom stereocenters. The van der Waals surface area contributed by atoms with E-state index >= 15 is 0 Å². The van der Waals surface area contributed by atoms with Crippen molar-refractivity contribution in [2.45, 2.75) is 53.0 Å². The molecule has 1 aliphatic carbocycles. The minimum atomic E-state index is -0.117. The maximum absolute atomic E-state index is 13.0. The number of thiophene rings is 1. The largest absolute Gasteiger partial charge is 0.493 e. The van der Waals surface area contributed by atoms with Crippen LogP contribution in [0.25, 0.3) is 0 Å². The molecular weight excluding hydrogens is 370 g/mol. The van der Waals surface area contributed by atoms with Crippen molar-refractivity contribution in [3.8, 4) is 11.5 Å². The number of methoxy groups -OCH3 is 2. The van der Waals surface area contributed by atoms with Crippen molar-refractivity contribution in [3.05, 3.63) is 45.1 Å². The normalized spacial score (nSPS) is 17.6. The number of fused-ring (bicyclic) bond motifs is 1. The van der Waals surface area contributed by atoms with E-state index in [1.807, 2.05) is 30.5 Å². The Labute approximate surface area is 172 Å². The summed E-state index contributed by atoms with van der Waals surface area (Å²) in [5.74, 6) is 2.04. The van der Waals surface area contributed by atoms with E-state index in [-0.39, 0.29) is 11.9 Å². The molecule has 1 aromatic carbocycles. The topological polar surface area (TPSA) is 47.6 Å². The first-order chi connectivity index (χ1) is 13.2. The summed E-state index contributed by atoms with van der Waals surface area (Å²) >= 11 is 1.74. The molecular formula is C23H31NO3S. The molecule has 0 aliphatic heterocycles. The van der Waals surface area contributed by atoms with Gasteiger partial charge in [0.2, 0.25) is 0 Å². The lowest BCUT2D eigenvalue weighted by atomic mass is 9.72. The Morgan fingerprint density at radius 1 is 1.21 bits per heavy atom. The average molecular weight is 402 g/mol. The number of benzene rings is 1. The van der Waals surface area contributed by atoms with Gasteiger partial charge in [0.1, 0.15) is 0 Å². The van der Waals surface area contributed by atoms with Gasteiger partial charge < -0.3 is 14.8 Å². The van der Waals surface area contributed by atoms with Crippen LogP contribution in [0.15, 0.2) is 23.6 Å². The van der Waals surface area contributed by atoms with E-state index in [2.05, 4.69) is 26.1 Å². The van der Waals surface area contributed by atoms with Crippen molar-refractivity contribution in [3.63, 3.8) is 0 Å². The highest BCUT2D eigenvalue weighted by molar-refractivity contribution is 7.10. The van der Waals surface area contributed by atoms with Gasteiger partial charge in [-0.05, 0) is 60.8 Å². The average Bonchev–Trinajstić information content (AvgIpc) is 3.10. The molecule has 1 amide bonds. The molecule has 4 nitrogen and oxygen atoms in total. The molecule has 2 aromatic rings. The monoisotopic (exact) mass is 401 g/mol. The lowest BCUT2D eigenvalue weighted by Gasteiger charge is -2.34. The van der Waals surface area contributed by atoms with Crippen LogP contribution in [0, 0.1) is 11.3 Å². The summed E-state index contributed by atoms with van der Waals surface area (Å²) in [6, 6.07) is 5.63. The highest BCUT2D eigenvalue weighted by Crippen LogP contribution is 2.40. The van der Waals surface area contributed by atoms with Gasteiger partial charge in [-0.1, -0.05) is 26.8 Å². The van der Waals surface area contributed by atoms with Gasteiger partial charge in [0.25, 0.3) is 5.91 Å². The van der Waals surface area contributed by atoms with Crippen LogP contribution in [-0.2, 0) is 12.8 Å². The van der Waals surface area contributed by atoms with Crippen molar-refractivity contribution < 1.29 is 14.3 Å². The molecule has 0 spiro atoms. The van der Waals surface area contributed by atoms with E-state index in [4.69, 9.17) is 9.47 Å². The zero-order valence-electron chi connectivity index (χ0n) is 17.7. The van der Waals surface area contributed by atoms with Crippen LogP contribution < -0.4 is 14.8 Å². The summed E-state index contributed by atoms with van der Waals surface area (Å²) in [4.78, 5) is 14.3. The van der Waals surface area contributed by atoms with Crippen LogP contribution >= 0.6 is 11.3 Å². The molecule has 3 rings (SSSR count). The fourth-order valence-corrected chi connectivity index (χ4v) is 5.08. The molecule has 0 bridgehead atoms. The molecule has 1 aliphatic rings. The SMILES string of the molecule is COc1ccc([C@H](C)NC(=O)c2csc3c2CC[C@H](C(C)(C)C)C3)cc1OC. The summed E-state index contributed by atoms with van der Waals surface area (Å²) < 4.78 is 10.7. The van der Waals surface area contributed by atoms with Crippen molar-refractivity contribution >= 4 is 17.2 Å². The summed E-state index contributed by atoms with van der Waals surface area (Å²) in [7, 11) is 3.24. The van der Waals surface area contributed by atoms with Gasteiger partial charge in [-0.2, -0.15) is 0 Å². The number of carbonyl (C=O) groups excluding carboxylic acids is 1. The Hall–Kier alpha value is -2.01. The minimum Gasteiger partial charge on any atom is -0.493 e. The first kappa shape index (κ1) is 20.7. The third kappa shape index (κ3) is 4.19. The van der Waals surface area contributed by atoms with Crippen LogP contribution in [0.2, 0.25) is 0 Å². The zero-order chi connectivity index (χ0) is 20.5. The molecule has 0 fully saturated rings. The molecule has 1 aromatic heterocycles. The summed E-state index contributed by atoms with van der Waals surface area (Å²) in [5.41, 5.74) is 3.40. The standard InChI is InChI=1S/C23H31NO3S/c1-14(15-7-10-19(26-5)20(11-15)27-6)24-22(25)18-13-28-21-12-16(23(2,3)4)8-9-17(18)21/h7,10-11,13-14,16H,8-9,12H2,1-6H3,(H,24,25)/t14-,16-/m0/s1. The highest BCUT2D eigenvalue weighted by atomic mass is 32.1. The maximum Gasteiger partial charge on any atom is 0.252 e. The molecule has 0 unspecified atom stereocenters. The van der Waals surface area contributed by atoms with Gasteiger partial charge in [-0.25, -0.2) is 0 Å². The summed E-state index contributed by atoms with van der Waals surface area (Å²) in [6.45, 7) is 8.94. The van der Waals surface area contributed by atoms with Gasteiger partial charge in [0.15, 0.2) is 11.5 Å². The van der Waals surface area contributed by atoms with Crippen molar-refractivity contribution in [2.75, 3.05) is 14.2 Å². The van der Waals surface area contributed by atoms with E-state index in [0.717, 1.165) is 30.4 Å². The zero-order valence-corrected chi connectivity index (χ0v) is 18.5. The number of ether oxygens (including phenoxy) is 2. The van der Waals surface area contributed by atoms with E-state index in [9.17, 15) is 4.79 Å². The van der Waals surface area contributed by atoms with E-state index < -0.39 is 0 Å². The van der Waals surface area contributed by atoms with Crippen molar-refractivity contribution in [1.82, 2.24) is 5.32 Å². The third-order valence-electron chi connectivity index (χ3n) is 5.88. The van der Waals surface area contributed by atoms with Crippen molar-refractivity contribution in [2.24, 2.45) is 11.3 Å². The quantitative estimate of drug-likeness (QED) is 0.729. The summed E-state index contributed by atoms with van der Waals surface area (Å²) in [6.07, 6.45) is 3.23. The number of nitrogens with one attached hydrogen (secondary N) is 1. The molecule has 0 radical (unpaired) electrons. The number of amides is 1. The number of carbonyl (C=O) groups is 1. The number of rotatable bonds is 5. The first-order valence-electron chi connectivity index (χ1n) is 9.86. The molecule has 152 valence electrons. The fraction of sp³-hybridized carbons (Fsp3) is 0.522. The van der Waals surface area contributed by atoms with Gasteiger partial charge in [-0.15, -0.1) is 11.3 Å². The van der Waals surface area contributed by atoms with Crippen molar-refractivity contribution in [1.29, 1.82) is 0 Å². The smallest absolute Gasteiger partial charge is 0.252 e. The second-order valence-electron chi connectivity index (χ2n) is 8.67. The van der Waals surface area contributed by atoms with E-state index in [1.165, 1.54) is 10.4 Å². The van der Waals surface area contributed by atoms with E-state index in [1.54, 1.807) is 25.6 Å². The molecule has 0 saturated heterocycles. The Balaban J connectivity index is 1.73. The van der Waals surface area contributed by atoms with Crippen LogP contribution in [0.3, 0.4) is 0 Å². The second-order valence-corrected chi connectivity index (χ2v) is 9.63.